The zero-order chi connectivity index (χ0) is 13.0. The summed E-state index contributed by atoms with van der Waals surface area (Å²) in [5, 5.41) is 0. The monoisotopic (exact) mass is 292 g/mol. The van der Waals surface area contributed by atoms with Crippen molar-refractivity contribution in [3.8, 4) is 5.75 Å². The van der Waals surface area contributed by atoms with Crippen molar-refractivity contribution in [3.05, 3.63) is 29.8 Å². The highest BCUT2D eigenvalue weighted by Gasteiger charge is 2.18. The number of ether oxygens (including phenoxy) is 1. The molecule has 1 aromatic carbocycles. The highest BCUT2D eigenvalue weighted by molar-refractivity contribution is 5.85. The fraction of sp³-hybridized carbons (Fsp3) is 0.538. The summed E-state index contributed by atoms with van der Waals surface area (Å²) in [5.41, 5.74) is 6.97. The maximum atomic E-state index is 12.1. The van der Waals surface area contributed by atoms with Gasteiger partial charge in [-0.2, -0.15) is 8.78 Å². The number of nitrogens with zero attached hydrogens (tertiary/aromatic N) is 1. The molecule has 1 fully saturated rings. The Morgan fingerprint density at radius 3 is 2.84 bits per heavy atom. The van der Waals surface area contributed by atoms with Crippen LogP contribution in [0, 0.1) is 0 Å². The van der Waals surface area contributed by atoms with Crippen LogP contribution in [0.25, 0.3) is 0 Å². The van der Waals surface area contributed by atoms with E-state index in [0.717, 1.165) is 31.4 Å². The fourth-order valence-electron chi connectivity index (χ4n) is 2.27. The first-order chi connectivity index (χ1) is 8.65. The number of hydrogen-bond acceptors (Lipinski definition) is 3. The zero-order valence-corrected chi connectivity index (χ0v) is 11.4. The van der Waals surface area contributed by atoms with E-state index >= 15 is 0 Å². The van der Waals surface area contributed by atoms with Crippen LogP contribution in [-0.4, -0.2) is 24.2 Å². The van der Waals surface area contributed by atoms with Crippen molar-refractivity contribution in [2.24, 2.45) is 5.73 Å². The number of benzene rings is 1. The number of likely N-dealkylation sites (tertiary alicyclic amines) is 1. The summed E-state index contributed by atoms with van der Waals surface area (Å²) in [5.74, 6) is 0.202. The van der Waals surface area contributed by atoms with Crippen molar-refractivity contribution >= 4 is 12.4 Å². The first-order valence-electron chi connectivity index (χ1n) is 6.18. The molecule has 0 bridgehead atoms. The number of rotatable bonds is 4. The first kappa shape index (κ1) is 16.1. The van der Waals surface area contributed by atoms with Crippen LogP contribution >= 0.6 is 12.4 Å². The quantitative estimate of drug-likeness (QED) is 0.927. The third kappa shape index (κ3) is 4.93. The topological polar surface area (TPSA) is 38.5 Å². The molecule has 2 N–H and O–H groups in total. The van der Waals surface area contributed by atoms with Gasteiger partial charge in [-0.15, -0.1) is 12.4 Å². The predicted molar refractivity (Wildman–Crippen MR) is 72.6 cm³/mol. The first-order valence-corrected chi connectivity index (χ1v) is 6.18. The molecule has 1 aliphatic heterocycles. The van der Waals surface area contributed by atoms with E-state index in [9.17, 15) is 8.78 Å². The summed E-state index contributed by atoms with van der Waals surface area (Å²) in [6.07, 6.45) is 3.36. The van der Waals surface area contributed by atoms with Gasteiger partial charge in [0.2, 0.25) is 0 Å². The molecule has 1 atom stereocenters. The van der Waals surface area contributed by atoms with Crippen molar-refractivity contribution in [1.29, 1.82) is 0 Å². The Balaban J connectivity index is 0.00000180. The second kappa shape index (κ2) is 7.62. The number of nitrogens with two attached hydrogens (primary N) is 1. The maximum absolute atomic E-state index is 12.1. The van der Waals surface area contributed by atoms with Gasteiger partial charge in [-0.1, -0.05) is 12.1 Å². The summed E-state index contributed by atoms with van der Waals surface area (Å²) in [6, 6.07) is 6.81. The largest absolute Gasteiger partial charge is 0.435 e. The Kier molecular flexibility index (Phi) is 6.48. The molecule has 0 aliphatic carbocycles. The van der Waals surface area contributed by atoms with Gasteiger partial charge < -0.3 is 10.5 Å². The molecule has 0 aromatic heterocycles. The lowest BCUT2D eigenvalue weighted by molar-refractivity contribution is -0.0499. The molecule has 0 spiro atoms. The van der Waals surface area contributed by atoms with Gasteiger partial charge in [0, 0.05) is 6.54 Å². The SMILES string of the molecule is Cl.NC1CCCCN1Cc1cccc(OC(F)F)c1. The lowest BCUT2D eigenvalue weighted by atomic mass is 10.1. The molecular weight excluding hydrogens is 274 g/mol. The Morgan fingerprint density at radius 2 is 2.16 bits per heavy atom. The fourth-order valence-corrected chi connectivity index (χ4v) is 2.27. The molecule has 6 heteroatoms. The molecule has 0 amide bonds. The van der Waals surface area contributed by atoms with Crippen molar-refractivity contribution in [2.75, 3.05) is 6.54 Å². The van der Waals surface area contributed by atoms with E-state index in [0.29, 0.717) is 6.54 Å². The van der Waals surface area contributed by atoms with Crippen LogP contribution in [0.15, 0.2) is 24.3 Å². The molecule has 1 aliphatic rings. The van der Waals surface area contributed by atoms with Crippen LogP contribution in [0.2, 0.25) is 0 Å². The van der Waals surface area contributed by atoms with E-state index in [2.05, 4.69) is 9.64 Å². The van der Waals surface area contributed by atoms with Crippen molar-refractivity contribution in [1.82, 2.24) is 4.90 Å². The number of halogens is 3. The van der Waals surface area contributed by atoms with Crippen molar-refractivity contribution in [3.63, 3.8) is 0 Å². The molecule has 108 valence electrons. The minimum atomic E-state index is -2.78. The third-order valence-electron chi connectivity index (χ3n) is 3.17. The molecule has 1 heterocycles. The van der Waals surface area contributed by atoms with E-state index in [-0.39, 0.29) is 24.3 Å². The van der Waals surface area contributed by atoms with Gasteiger partial charge >= 0.3 is 6.61 Å². The predicted octanol–water partition coefficient (Wildman–Crippen LogP) is 2.98. The Hall–Kier alpha value is -0.910. The normalized spacial score (nSPS) is 20.1. The molecule has 1 unspecified atom stereocenters. The lowest BCUT2D eigenvalue weighted by Gasteiger charge is -2.33. The van der Waals surface area contributed by atoms with Crippen LogP contribution < -0.4 is 10.5 Å². The zero-order valence-electron chi connectivity index (χ0n) is 10.6. The second-order valence-corrected chi connectivity index (χ2v) is 4.56. The van der Waals surface area contributed by atoms with E-state index in [1.54, 1.807) is 12.1 Å². The molecule has 0 saturated carbocycles. The standard InChI is InChI=1S/C13H18F2N2O.ClH/c14-13(15)18-11-5-3-4-10(8-11)9-17-7-2-1-6-12(17)16;/h3-5,8,12-13H,1-2,6-7,9,16H2;1H. The van der Waals surface area contributed by atoms with Crippen LogP contribution in [0.4, 0.5) is 8.78 Å². The average molecular weight is 293 g/mol. The smallest absolute Gasteiger partial charge is 0.387 e. The molecule has 2 rings (SSSR count). The second-order valence-electron chi connectivity index (χ2n) is 4.56. The molecule has 0 radical (unpaired) electrons. The molecule has 3 nitrogen and oxygen atoms in total. The van der Waals surface area contributed by atoms with E-state index < -0.39 is 6.61 Å². The van der Waals surface area contributed by atoms with Crippen LogP contribution in [0.1, 0.15) is 24.8 Å². The van der Waals surface area contributed by atoms with Crippen LogP contribution in [0.3, 0.4) is 0 Å². The van der Waals surface area contributed by atoms with Gasteiger partial charge in [0.05, 0.1) is 6.17 Å². The van der Waals surface area contributed by atoms with Gasteiger partial charge in [-0.3, -0.25) is 4.90 Å². The van der Waals surface area contributed by atoms with E-state index in [4.69, 9.17) is 5.73 Å². The summed E-state index contributed by atoms with van der Waals surface area (Å²) in [4.78, 5) is 2.17. The summed E-state index contributed by atoms with van der Waals surface area (Å²) >= 11 is 0. The number of hydrogen-bond donors (Lipinski definition) is 1. The van der Waals surface area contributed by atoms with E-state index in [1.807, 2.05) is 6.07 Å². The Morgan fingerprint density at radius 1 is 1.37 bits per heavy atom. The van der Waals surface area contributed by atoms with Gasteiger partial charge in [-0.25, -0.2) is 0 Å². The van der Waals surface area contributed by atoms with E-state index in [1.165, 1.54) is 6.07 Å². The Labute approximate surface area is 118 Å². The highest BCUT2D eigenvalue weighted by atomic mass is 35.5. The van der Waals surface area contributed by atoms with Crippen molar-refractivity contribution in [2.45, 2.75) is 38.6 Å². The summed E-state index contributed by atoms with van der Waals surface area (Å²) in [6.45, 7) is -1.14. The highest BCUT2D eigenvalue weighted by Crippen LogP contribution is 2.20. The Bertz CT molecular complexity index is 393. The van der Waals surface area contributed by atoms with Gasteiger partial charge in [0.15, 0.2) is 0 Å². The average Bonchev–Trinajstić information content (AvgIpc) is 2.32. The molecular formula is C13H19ClF2N2O. The maximum Gasteiger partial charge on any atom is 0.387 e. The minimum Gasteiger partial charge on any atom is -0.435 e. The van der Waals surface area contributed by atoms with Gasteiger partial charge in [0.1, 0.15) is 5.75 Å². The van der Waals surface area contributed by atoms with Gasteiger partial charge in [-0.05, 0) is 43.5 Å². The summed E-state index contributed by atoms with van der Waals surface area (Å²) in [7, 11) is 0. The molecule has 19 heavy (non-hydrogen) atoms. The van der Waals surface area contributed by atoms with Crippen molar-refractivity contribution < 1.29 is 13.5 Å². The molecule has 1 aromatic rings. The van der Waals surface area contributed by atoms with Crippen LogP contribution in [0.5, 0.6) is 5.75 Å². The third-order valence-corrected chi connectivity index (χ3v) is 3.17. The molecule has 1 saturated heterocycles. The lowest BCUT2D eigenvalue weighted by Crippen LogP contribution is -2.44. The number of piperidine rings is 1. The summed E-state index contributed by atoms with van der Waals surface area (Å²) < 4.78 is 28.6. The van der Waals surface area contributed by atoms with Gasteiger partial charge in [0.25, 0.3) is 0 Å². The number of alkyl halides is 2. The van der Waals surface area contributed by atoms with Crippen LogP contribution in [-0.2, 0) is 6.54 Å². The minimum absolute atomic E-state index is 0.